The Kier molecular flexibility index (Phi) is 8.53. The van der Waals surface area contributed by atoms with Gasteiger partial charge in [-0.1, -0.05) is 0 Å². The molecule has 0 bridgehead atoms. The van der Waals surface area contributed by atoms with Crippen molar-refractivity contribution in [1.82, 2.24) is 19.5 Å². The number of esters is 2. The van der Waals surface area contributed by atoms with Gasteiger partial charge in [0, 0.05) is 13.8 Å². The smallest absolute Gasteiger partial charge is 0.456 e. The van der Waals surface area contributed by atoms with Gasteiger partial charge in [0.25, 0.3) is 0 Å². The number of phosphoric ester groups is 1. The van der Waals surface area contributed by atoms with E-state index >= 15 is 0 Å². The molecule has 1 saturated heterocycles. The topological polar surface area (TPSA) is 291 Å². The van der Waals surface area contributed by atoms with Crippen LogP contribution in [0.2, 0.25) is 0 Å². The number of nitrogens with two attached hydrogens (primary N) is 1. The minimum Gasteiger partial charge on any atom is -0.456 e. The van der Waals surface area contributed by atoms with Crippen LogP contribution in [0.1, 0.15) is 20.1 Å². The van der Waals surface area contributed by atoms with Crippen molar-refractivity contribution >= 4 is 52.4 Å². The van der Waals surface area contributed by atoms with Crippen LogP contribution < -0.4 is 5.73 Å². The van der Waals surface area contributed by atoms with E-state index in [9.17, 15) is 33.1 Å². The maximum Gasteiger partial charge on any atom is 0.490 e. The zero-order valence-electron chi connectivity index (χ0n) is 18.7. The van der Waals surface area contributed by atoms with E-state index in [0.717, 1.165) is 20.2 Å². The lowest BCUT2D eigenvalue weighted by Gasteiger charge is -2.24. The van der Waals surface area contributed by atoms with Crippen molar-refractivity contribution in [2.45, 2.75) is 38.4 Å². The van der Waals surface area contributed by atoms with Gasteiger partial charge in [-0.2, -0.15) is 8.62 Å². The Hall–Kier alpha value is -2.34. The van der Waals surface area contributed by atoms with E-state index in [1.165, 1.54) is 10.9 Å². The summed E-state index contributed by atoms with van der Waals surface area (Å²) in [6.45, 7) is 1.06. The molecule has 0 saturated carbocycles. The van der Waals surface area contributed by atoms with Crippen LogP contribution >= 0.6 is 23.5 Å². The van der Waals surface area contributed by atoms with Gasteiger partial charge in [-0.05, 0) is 0 Å². The van der Waals surface area contributed by atoms with Crippen LogP contribution in [-0.2, 0) is 50.6 Å². The summed E-state index contributed by atoms with van der Waals surface area (Å²) in [5.74, 6) is -1.70. The Morgan fingerprint density at radius 1 is 1.00 bits per heavy atom. The number of nitrogens with zero attached hydrogens (tertiary/aromatic N) is 4. The van der Waals surface area contributed by atoms with Crippen molar-refractivity contribution in [3.05, 3.63) is 12.7 Å². The van der Waals surface area contributed by atoms with Crippen LogP contribution in [0, 0.1) is 0 Å². The standard InChI is InChI=1S/C14H20N5O15P3/c1-6(20)30-10-8(3-29-36(25,26)34-37(27,28)33-35(22,23)24)32-14(11(10)31-7(2)21)19-5-18-9-12(15)16-4-17-13(9)19/h4-5,8,10-11,14H,3H2,1-2H3,(H,25,26)(H,27,28)(H2,15,16,17)(H2,22,23,24)/t8-,10-,11-,14-/m1/s1. The van der Waals surface area contributed by atoms with Gasteiger partial charge in [0.15, 0.2) is 29.9 Å². The summed E-state index contributed by atoms with van der Waals surface area (Å²) in [6.07, 6.45) is -3.37. The van der Waals surface area contributed by atoms with Crippen molar-refractivity contribution in [3.63, 3.8) is 0 Å². The highest BCUT2D eigenvalue weighted by atomic mass is 31.3. The maximum atomic E-state index is 12.1. The number of nitrogen functional groups attached to an aromatic ring is 1. The maximum absolute atomic E-state index is 12.1. The summed E-state index contributed by atoms with van der Waals surface area (Å²) in [4.78, 5) is 71.7. The number of hydrogen-bond donors (Lipinski definition) is 5. The molecule has 6 atom stereocenters. The predicted molar refractivity (Wildman–Crippen MR) is 115 cm³/mol. The molecular formula is C14H20N5O15P3. The number of rotatable bonds is 10. The lowest BCUT2D eigenvalue weighted by Crippen LogP contribution is -2.40. The summed E-state index contributed by atoms with van der Waals surface area (Å²) in [5, 5.41) is 0. The normalized spacial score (nSPS) is 25.4. The minimum atomic E-state index is -5.78. The Morgan fingerprint density at radius 2 is 1.62 bits per heavy atom. The zero-order chi connectivity index (χ0) is 27.8. The Morgan fingerprint density at radius 3 is 2.22 bits per heavy atom. The predicted octanol–water partition coefficient (Wildman–Crippen LogP) is -0.487. The molecule has 1 aliphatic rings. The largest absolute Gasteiger partial charge is 0.490 e. The lowest BCUT2D eigenvalue weighted by molar-refractivity contribution is -0.165. The van der Waals surface area contributed by atoms with Gasteiger partial charge in [-0.15, -0.1) is 0 Å². The molecule has 0 aliphatic carbocycles. The van der Waals surface area contributed by atoms with Crippen molar-refractivity contribution in [1.29, 1.82) is 0 Å². The fourth-order valence-corrected chi connectivity index (χ4v) is 6.27. The third-order valence-electron chi connectivity index (χ3n) is 4.37. The second-order valence-corrected chi connectivity index (χ2v) is 11.6. The number of ether oxygens (including phenoxy) is 3. The van der Waals surface area contributed by atoms with Gasteiger partial charge < -0.3 is 39.5 Å². The van der Waals surface area contributed by atoms with Crippen molar-refractivity contribution < 1.29 is 70.2 Å². The Labute approximate surface area is 206 Å². The highest BCUT2D eigenvalue weighted by molar-refractivity contribution is 7.66. The van der Waals surface area contributed by atoms with Crippen molar-refractivity contribution in [3.8, 4) is 0 Å². The lowest BCUT2D eigenvalue weighted by atomic mass is 10.1. The Bertz CT molecular complexity index is 1330. The molecule has 2 unspecified atom stereocenters. The van der Waals surface area contributed by atoms with E-state index in [-0.39, 0.29) is 17.0 Å². The van der Waals surface area contributed by atoms with Crippen LogP contribution in [-0.4, -0.2) is 76.0 Å². The van der Waals surface area contributed by atoms with E-state index in [4.69, 9.17) is 29.7 Å². The van der Waals surface area contributed by atoms with Crippen LogP contribution in [0.15, 0.2) is 12.7 Å². The highest BCUT2D eigenvalue weighted by Crippen LogP contribution is 2.66. The van der Waals surface area contributed by atoms with Gasteiger partial charge in [0.1, 0.15) is 17.9 Å². The molecule has 1 aliphatic heterocycles. The SMILES string of the molecule is CC(=O)O[C@@H]1[C@H](OC(C)=O)[C@@H](COP(=O)(O)OP(=O)(O)OP(=O)(O)O)O[C@H]1n1cnc2c(N)ncnc21. The molecule has 3 heterocycles. The number of fused-ring (bicyclic) bond motifs is 1. The average Bonchev–Trinajstić information content (AvgIpc) is 3.26. The van der Waals surface area contributed by atoms with Gasteiger partial charge in [-0.25, -0.2) is 28.6 Å². The molecule has 0 radical (unpaired) electrons. The first kappa shape index (κ1) is 29.2. The van der Waals surface area contributed by atoms with Crippen LogP contribution in [0.5, 0.6) is 0 Å². The number of aromatic nitrogens is 4. The molecular weight excluding hydrogens is 571 g/mol. The number of carbonyl (C=O) groups is 2. The number of hydrogen-bond acceptors (Lipinski definition) is 15. The molecule has 2 aromatic rings. The average molecular weight is 591 g/mol. The van der Waals surface area contributed by atoms with Crippen molar-refractivity contribution in [2.24, 2.45) is 0 Å². The van der Waals surface area contributed by atoms with Crippen molar-refractivity contribution in [2.75, 3.05) is 12.3 Å². The number of phosphoric acid groups is 3. The minimum absolute atomic E-state index is 0.00604. The quantitative estimate of drug-likeness (QED) is 0.172. The van der Waals surface area contributed by atoms with E-state index in [2.05, 4.69) is 28.1 Å². The van der Waals surface area contributed by atoms with E-state index in [0.29, 0.717) is 0 Å². The monoisotopic (exact) mass is 591 g/mol. The molecule has 0 aromatic carbocycles. The highest BCUT2D eigenvalue weighted by Gasteiger charge is 2.52. The summed E-state index contributed by atoms with van der Waals surface area (Å²) >= 11 is 0. The van der Waals surface area contributed by atoms with Gasteiger partial charge in [0.05, 0.1) is 12.9 Å². The molecule has 3 rings (SSSR count). The molecule has 37 heavy (non-hydrogen) atoms. The molecule has 1 fully saturated rings. The van der Waals surface area contributed by atoms with Gasteiger partial charge >= 0.3 is 35.4 Å². The zero-order valence-corrected chi connectivity index (χ0v) is 21.3. The third kappa shape index (κ3) is 7.59. The van der Waals surface area contributed by atoms with E-state index < -0.39 is 66.6 Å². The first-order chi connectivity index (χ1) is 17.0. The van der Waals surface area contributed by atoms with E-state index in [1.807, 2.05) is 0 Å². The summed E-state index contributed by atoms with van der Waals surface area (Å²) in [5.41, 5.74) is 6.03. The molecule has 20 nitrogen and oxygen atoms in total. The summed E-state index contributed by atoms with van der Waals surface area (Å²) < 4.78 is 63.8. The van der Waals surface area contributed by atoms with Gasteiger partial charge in [-0.3, -0.25) is 18.7 Å². The third-order valence-corrected chi connectivity index (χ3v) is 8.17. The summed E-state index contributed by atoms with van der Waals surface area (Å²) in [6, 6.07) is 0. The Balaban J connectivity index is 1.89. The number of carbonyl (C=O) groups excluding carboxylic acids is 2. The molecule has 2 aromatic heterocycles. The number of anilines is 1. The number of imidazole rings is 1. The van der Waals surface area contributed by atoms with Crippen LogP contribution in [0.3, 0.4) is 0 Å². The van der Waals surface area contributed by atoms with Gasteiger partial charge in [0.2, 0.25) is 0 Å². The molecule has 0 spiro atoms. The van der Waals surface area contributed by atoms with E-state index in [1.54, 1.807) is 0 Å². The second-order valence-electron chi connectivity index (χ2n) is 7.18. The fraction of sp³-hybridized carbons (Fsp3) is 0.500. The fourth-order valence-electron chi connectivity index (χ4n) is 3.24. The molecule has 206 valence electrons. The molecule has 23 heteroatoms. The second kappa shape index (κ2) is 10.8. The van der Waals surface area contributed by atoms with Crippen LogP contribution in [0.4, 0.5) is 5.82 Å². The first-order valence-electron chi connectivity index (χ1n) is 9.69. The molecule has 6 N–H and O–H groups in total. The first-order valence-corrected chi connectivity index (χ1v) is 14.2. The van der Waals surface area contributed by atoms with Crippen LogP contribution in [0.25, 0.3) is 11.2 Å². The molecule has 0 amide bonds. The summed E-state index contributed by atoms with van der Waals surface area (Å²) in [7, 11) is -16.9.